The lowest BCUT2D eigenvalue weighted by Crippen LogP contribution is -2.54. The summed E-state index contributed by atoms with van der Waals surface area (Å²) in [7, 11) is 0. The van der Waals surface area contributed by atoms with Crippen LogP contribution in [0.2, 0.25) is 0 Å². The zero-order chi connectivity index (χ0) is 25.4. The number of nitriles is 1. The lowest BCUT2D eigenvalue weighted by molar-refractivity contribution is -0.120. The topological polar surface area (TPSA) is 68.2 Å². The molecule has 1 saturated carbocycles. The van der Waals surface area contributed by atoms with Crippen LogP contribution in [-0.4, -0.2) is 36.5 Å². The van der Waals surface area contributed by atoms with E-state index in [2.05, 4.69) is 45.9 Å². The fourth-order valence-corrected chi connectivity index (χ4v) is 5.70. The molecule has 1 amide bonds. The van der Waals surface area contributed by atoms with Gasteiger partial charge in [0.15, 0.2) is 0 Å². The van der Waals surface area contributed by atoms with Crippen molar-refractivity contribution in [1.82, 2.24) is 15.5 Å². The number of likely N-dealkylation sites (tertiary alicyclic amines) is 1. The first-order chi connectivity index (χ1) is 17.6. The van der Waals surface area contributed by atoms with Crippen LogP contribution in [0.3, 0.4) is 0 Å². The van der Waals surface area contributed by atoms with Crippen molar-refractivity contribution >= 4 is 5.91 Å². The number of nitrogens with zero attached hydrogens (tertiary/aromatic N) is 2. The molecule has 2 aromatic rings. The molecule has 2 fully saturated rings. The Hall–Kier alpha value is -3.20. The van der Waals surface area contributed by atoms with Crippen LogP contribution in [0.15, 0.2) is 72.5 Å². The highest BCUT2D eigenvalue weighted by Gasteiger charge is 2.38. The van der Waals surface area contributed by atoms with Crippen molar-refractivity contribution < 1.29 is 4.79 Å². The number of hydrogen-bond donors (Lipinski definition) is 2. The fraction of sp³-hybridized carbons (Fsp3) is 0.419. The van der Waals surface area contributed by atoms with Crippen LogP contribution in [-0.2, 0) is 10.3 Å². The van der Waals surface area contributed by atoms with E-state index >= 15 is 0 Å². The van der Waals surface area contributed by atoms with Crippen LogP contribution in [0, 0.1) is 11.3 Å². The summed E-state index contributed by atoms with van der Waals surface area (Å²) in [5.74, 6) is -0.0243. The highest BCUT2D eigenvalue weighted by atomic mass is 16.1. The Bertz CT molecular complexity index is 1130. The first kappa shape index (κ1) is 25.9. The van der Waals surface area contributed by atoms with Crippen LogP contribution < -0.4 is 10.6 Å². The number of nitrogens with one attached hydrogen (secondary N) is 2. The molecule has 1 heterocycles. The molecular weight excluding hydrogens is 444 g/mol. The predicted molar refractivity (Wildman–Crippen MR) is 146 cm³/mol. The summed E-state index contributed by atoms with van der Waals surface area (Å²) in [6, 6.07) is 19.3. The van der Waals surface area contributed by atoms with E-state index in [0.29, 0.717) is 5.56 Å². The molecule has 4 rings (SSSR count). The van der Waals surface area contributed by atoms with Crippen molar-refractivity contribution in [2.45, 2.75) is 64.0 Å². The zero-order valence-corrected chi connectivity index (χ0v) is 21.6. The van der Waals surface area contributed by atoms with Gasteiger partial charge in [-0.15, -0.1) is 0 Å². The molecule has 0 unspecified atom stereocenters. The van der Waals surface area contributed by atoms with E-state index in [4.69, 9.17) is 0 Å². The van der Waals surface area contributed by atoms with Gasteiger partial charge < -0.3 is 10.2 Å². The van der Waals surface area contributed by atoms with Gasteiger partial charge in [0.1, 0.15) is 0 Å². The van der Waals surface area contributed by atoms with E-state index in [0.717, 1.165) is 48.8 Å². The molecular formula is C31H38N4O. The third kappa shape index (κ3) is 6.13. The number of hydrogen-bond acceptors (Lipinski definition) is 4. The van der Waals surface area contributed by atoms with Gasteiger partial charge in [0.25, 0.3) is 0 Å². The summed E-state index contributed by atoms with van der Waals surface area (Å²) in [6.45, 7) is 6.23. The molecule has 0 atom stereocenters. The van der Waals surface area contributed by atoms with Crippen molar-refractivity contribution in [3.63, 3.8) is 0 Å². The fourth-order valence-electron chi connectivity index (χ4n) is 5.70. The van der Waals surface area contributed by atoms with Gasteiger partial charge in [-0.1, -0.05) is 61.4 Å². The second-order valence-corrected chi connectivity index (χ2v) is 9.97. The highest BCUT2D eigenvalue weighted by molar-refractivity contribution is 5.80. The first-order valence-corrected chi connectivity index (χ1v) is 13.3. The Labute approximate surface area is 215 Å². The van der Waals surface area contributed by atoms with Gasteiger partial charge in [-0.05, 0) is 74.4 Å². The number of carbonyl (C=O) groups excluding carboxylic acids is 1. The standard InChI is InChI=1S/C31H38N4O/c1-3-8-28(4-2)34-30(36)23-33-31(17-19-35(20-18-31)29-11-5-6-12-29)27-15-13-25(14-16-27)26-10-7-9-24(21-26)22-32/h3-4,7-10,13-16,21,29,33H,5-6,11-12,17-20,23H2,1-2H3,(H,34,36)/b8-3-,28-4+. The number of carbonyl (C=O) groups is 1. The molecule has 1 aliphatic heterocycles. The number of rotatable bonds is 8. The second-order valence-electron chi connectivity index (χ2n) is 9.97. The maximum absolute atomic E-state index is 12.8. The molecule has 0 radical (unpaired) electrons. The van der Waals surface area contributed by atoms with Crippen molar-refractivity contribution in [2.24, 2.45) is 0 Å². The number of allylic oxidation sites excluding steroid dienone is 3. The predicted octanol–water partition coefficient (Wildman–Crippen LogP) is 5.64. The summed E-state index contributed by atoms with van der Waals surface area (Å²) < 4.78 is 0. The van der Waals surface area contributed by atoms with Crippen molar-refractivity contribution in [2.75, 3.05) is 19.6 Å². The third-order valence-corrected chi connectivity index (χ3v) is 7.78. The molecule has 36 heavy (non-hydrogen) atoms. The van der Waals surface area contributed by atoms with E-state index in [1.807, 2.05) is 56.3 Å². The Balaban J connectivity index is 1.52. The van der Waals surface area contributed by atoms with Gasteiger partial charge in [-0.2, -0.15) is 5.26 Å². The maximum Gasteiger partial charge on any atom is 0.238 e. The molecule has 1 saturated heterocycles. The molecule has 2 N–H and O–H groups in total. The minimum absolute atomic E-state index is 0.0243. The maximum atomic E-state index is 12.8. The smallest absolute Gasteiger partial charge is 0.238 e. The SMILES string of the molecule is C/C=C\C(=C/C)NC(=O)CNC1(c2ccc(-c3cccc(C#N)c3)cc2)CCN(C2CCCC2)CC1. The van der Waals surface area contributed by atoms with Gasteiger partial charge >= 0.3 is 0 Å². The van der Waals surface area contributed by atoms with Crippen LogP contribution in [0.25, 0.3) is 11.1 Å². The lowest BCUT2D eigenvalue weighted by Gasteiger charge is -2.45. The molecule has 0 spiro atoms. The summed E-state index contributed by atoms with van der Waals surface area (Å²) in [5, 5.41) is 15.9. The van der Waals surface area contributed by atoms with E-state index in [1.54, 1.807) is 0 Å². The van der Waals surface area contributed by atoms with E-state index < -0.39 is 0 Å². The molecule has 5 nitrogen and oxygen atoms in total. The minimum Gasteiger partial charge on any atom is -0.325 e. The van der Waals surface area contributed by atoms with Gasteiger partial charge in [0.2, 0.25) is 5.91 Å². The summed E-state index contributed by atoms with van der Waals surface area (Å²) >= 11 is 0. The number of benzene rings is 2. The number of piperidine rings is 1. The molecule has 0 bridgehead atoms. The average molecular weight is 483 g/mol. The van der Waals surface area contributed by atoms with E-state index in [-0.39, 0.29) is 18.0 Å². The molecule has 2 aromatic carbocycles. The van der Waals surface area contributed by atoms with Gasteiger partial charge in [0, 0.05) is 30.4 Å². The van der Waals surface area contributed by atoms with Crippen molar-refractivity contribution in [3.05, 3.63) is 83.6 Å². The Morgan fingerprint density at radius 1 is 1.08 bits per heavy atom. The third-order valence-electron chi connectivity index (χ3n) is 7.78. The summed E-state index contributed by atoms with van der Waals surface area (Å²) in [4.78, 5) is 15.5. The monoisotopic (exact) mass is 482 g/mol. The lowest BCUT2D eigenvalue weighted by atomic mass is 9.79. The van der Waals surface area contributed by atoms with Crippen LogP contribution in [0.4, 0.5) is 0 Å². The second kappa shape index (κ2) is 12.2. The quantitative estimate of drug-likeness (QED) is 0.478. The molecule has 0 aromatic heterocycles. The highest BCUT2D eigenvalue weighted by Crippen LogP contribution is 2.37. The van der Waals surface area contributed by atoms with E-state index in [9.17, 15) is 10.1 Å². The van der Waals surface area contributed by atoms with Crippen LogP contribution in [0.5, 0.6) is 0 Å². The largest absolute Gasteiger partial charge is 0.325 e. The Morgan fingerprint density at radius 2 is 1.81 bits per heavy atom. The van der Waals surface area contributed by atoms with Crippen LogP contribution in [0.1, 0.15) is 63.5 Å². The number of amides is 1. The van der Waals surface area contributed by atoms with Crippen LogP contribution >= 0.6 is 0 Å². The van der Waals surface area contributed by atoms with E-state index in [1.165, 1.54) is 31.2 Å². The Kier molecular flexibility index (Phi) is 8.74. The molecule has 188 valence electrons. The molecule has 2 aliphatic rings. The van der Waals surface area contributed by atoms with Gasteiger partial charge in [0.05, 0.1) is 18.2 Å². The van der Waals surface area contributed by atoms with Crippen molar-refractivity contribution in [3.8, 4) is 17.2 Å². The summed E-state index contributed by atoms with van der Waals surface area (Å²) in [5.41, 5.74) is 4.60. The average Bonchev–Trinajstić information content (AvgIpc) is 3.47. The molecule has 5 heteroatoms. The first-order valence-electron chi connectivity index (χ1n) is 13.3. The Morgan fingerprint density at radius 3 is 2.44 bits per heavy atom. The zero-order valence-electron chi connectivity index (χ0n) is 21.6. The van der Waals surface area contributed by atoms with Gasteiger partial charge in [-0.25, -0.2) is 0 Å². The summed E-state index contributed by atoms with van der Waals surface area (Å²) in [6.07, 6.45) is 13.0. The van der Waals surface area contributed by atoms with Crippen molar-refractivity contribution in [1.29, 1.82) is 5.26 Å². The minimum atomic E-state index is -0.240. The molecule has 1 aliphatic carbocycles. The van der Waals surface area contributed by atoms with Gasteiger partial charge in [-0.3, -0.25) is 10.1 Å². The normalized spacial score (nSPS) is 18.9.